The van der Waals surface area contributed by atoms with Crippen LogP contribution in [0.2, 0.25) is 0 Å². The Morgan fingerprint density at radius 1 is 1.09 bits per heavy atom. The van der Waals surface area contributed by atoms with Crippen molar-refractivity contribution in [3.63, 3.8) is 0 Å². The van der Waals surface area contributed by atoms with E-state index in [0.29, 0.717) is 0 Å². The summed E-state index contributed by atoms with van der Waals surface area (Å²) < 4.78 is 5.64. The first-order chi connectivity index (χ1) is 11.2. The average molecular weight is 324 g/mol. The molecule has 1 atom stereocenters. The van der Waals surface area contributed by atoms with E-state index in [2.05, 4.69) is 25.1 Å². The molecule has 2 nitrogen and oxygen atoms in total. The van der Waals surface area contributed by atoms with Crippen LogP contribution in [0.3, 0.4) is 0 Å². The van der Waals surface area contributed by atoms with Gasteiger partial charge in [-0.2, -0.15) is 0 Å². The third kappa shape index (κ3) is 4.05. The molecule has 0 saturated carbocycles. The van der Waals surface area contributed by atoms with E-state index < -0.39 is 0 Å². The summed E-state index contributed by atoms with van der Waals surface area (Å²) in [5.74, 6) is 0.697. The highest BCUT2D eigenvalue weighted by Gasteiger charge is 2.25. The fraction of sp³-hybridized carbons (Fsp3) is 0.250. The molecule has 118 valence electrons. The van der Waals surface area contributed by atoms with E-state index in [4.69, 9.17) is 4.74 Å². The highest BCUT2D eigenvalue weighted by molar-refractivity contribution is 8.03. The first-order valence-corrected chi connectivity index (χ1v) is 8.86. The van der Waals surface area contributed by atoms with E-state index in [1.165, 1.54) is 11.1 Å². The van der Waals surface area contributed by atoms with Crippen LogP contribution in [0.15, 0.2) is 65.6 Å². The molecule has 2 aromatic rings. The number of carbonyl (C=O) groups excluding carboxylic acids is 1. The molecule has 3 rings (SSSR count). The normalized spacial score (nSPS) is 17.5. The Morgan fingerprint density at radius 2 is 1.83 bits per heavy atom. The molecule has 1 heterocycles. The summed E-state index contributed by atoms with van der Waals surface area (Å²) in [4.78, 5) is 13.0. The molecule has 1 unspecified atom stereocenters. The summed E-state index contributed by atoms with van der Waals surface area (Å²) in [6.07, 6.45) is 3.59. The van der Waals surface area contributed by atoms with E-state index in [-0.39, 0.29) is 12.1 Å². The standard InChI is InChI=1S/C20H20O2S/c1-15-7-5-6-10-17(15)18-11-12-19(20(21)22-18)23-14-13-16-8-3-2-4-9-16/h2-10,12,18H,11,13-14H2,1H3. The Kier molecular flexibility index (Phi) is 5.19. The van der Waals surface area contributed by atoms with Gasteiger partial charge >= 0.3 is 5.97 Å². The molecule has 0 aliphatic carbocycles. The lowest BCUT2D eigenvalue weighted by Gasteiger charge is -2.23. The predicted molar refractivity (Wildman–Crippen MR) is 95.3 cm³/mol. The minimum Gasteiger partial charge on any atom is -0.453 e. The second-order valence-corrected chi connectivity index (χ2v) is 6.78. The second kappa shape index (κ2) is 7.51. The van der Waals surface area contributed by atoms with Gasteiger partial charge in [0.2, 0.25) is 0 Å². The SMILES string of the molecule is Cc1ccccc1C1CC=C(SCCc2ccccc2)C(=O)O1. The van der Waals surface area contributed by atoms with Gasteiger partial charge in [0, 0.05) is 12.2 Å². The smallest absolute Gasteiger partial charge is 0.344 e. The number of rotatable bonds is 5. The lowest BCUT2D eigenvalue weighted by Crippen LogP contribution is -2.17. The number of benzene rings is 2. The zero-order valence-electron chi connectivity index (χ0n) is 13.2. The van der Waals surface area contributed by atoms with E-state index in [0.717, 1.165) is 29.1 Å². The highest BCUT2D eigenvalue weighted by atomic mass is 32.2. The maximum atomic E-state index is 12.2. The summed E-state index contributed by atoms with van der Waals surface area (Å²) >= 11 is 1.59. The van der Waals surface area contributed by atoms with Gasteiger partial charge in [-0.1, -0.05) is 60.7 Å². The number of hydrogen-bond acceptors (Lipinski definition) is 3. The van der Waals surface area contributed by atoms with Crippen LogP contribution in [0.25, 0.3) is 0 Å². The van der Waals surface area contributed by atoms with Gasteiger partial charge in [-0.25, -0.2) is 4.79 Å². The van der Waals surface area contributed by atoms with Crippen molar-refractivity contribution >= 4 is 17.7 Å². The quantitative estimate of drug-likeness (QED) is 0.736. The number of carbonyl (C=O) groups is 1. The molecule has 2 aromatic carbocycles. The molecule has 1 aliphatic rings. The van der Waals surface area contributed by atoms with Gasteiger partial charge < -0.3 is 4.74 Å². The highest BCUT2D eigenvalue weighted by Crippen LogP contribution is 2.33. The van der Waals surface area contributed by atoms with Gasteiger partial charge in [0.1, 0.15) is 6.10 Å². The van der Waals surface area contributed by atoms with Crippen LogP contribution in [-0.4, -0.2) is 11.7 Å². The van der Waals surface area contributed by atoms with Crippen molar-refractivity contribution in [1.29, 1.82) is 0 Å². The van der Waals surface area contributed by atoms with Gasteiger partial charge in [-0.3, -0.25) is 0 Å². The Labute approximate surface area is 141 Å². The van der Waals surface area contributed by atoms with Crippen LogP contribution in [0.5, 0.6) is 0 Å². The van der Waals surface area contributed by atoms with E-state index in [9.17, 15) is 4.79 Å². The molecule has 1 aliphatic heterocycles. The number of ether oxygens (including phenoxy) is 1. The molecule has 0 saturated heterocycles. The number of esters is 1. The Bertz CT molecular complexity index is 707. The van der Waals surface area contributed by atoms with E-state index >= 15 is 0 Å². The molecule has 0 fully saturated rings. The van der Waals surface area contributed by atoms with Crippen molar-refractivity contribution in [2.75, 3.05) is 5.75 Å². The molecule has 0 amide bonds. The monoisotopic (exact) mass is 324 g/mol. The van der Waals surface area contributed by atoms with Crippen molar-refractivity contribution < 1.29 is 9.53 Å². The molecule has 0 radical (unpaired) electrons. The predicted octanol–water partition coefficient (Wildman–Crippen LogP) is 4.84. The molecule has 0 aromatic heterocycles. The van der Waals surface area contributed by atoms with Crippen molar-refractivity contribution in [1.82, 2.24) is 0 Å². The zero-order valence-corrected chi connectivity index (χ0v) is 14.0. The Balaban J connectivity index is 1.58. The Morgan fingerprint density at radius 3 is 2.57 bits per heavy atom. The fourth-order valence-electron chi connectivity index (χ4n) is 2.71. The van der Waals surface area contributed by atoms with Crippen molar-refractivity contribution in [2.45, 2.75) is 25.9 Å². The molecule has 0 spiro atoms. The maximum Gasteiger partial charge on any atom is 0.344 e. The van der Waals surface area contributed by atoms with Gasteiger partial charge in [0.15, 0.2) is 0 Å². The minimum atomic E-state index is -0.192. The zero-order chi connectivity index (χ0) is 16.1. The fourth-order valence-corrected chi connectivity index (χ4v) is 3.65. The van der Waals surface area contributed by atoms with Crippen LogP contribution < -0.4 is 0 Å². The summed E-state index contributed by atoms with van der Waals surface area (Å²) in [5.41, 5.74) is 3.56. The summed E-state index contributed by atoms with van der Waals surface area (Å²) in [5, 5.41) is 0. The largest absolute Gasteiger partial charge is 0.453 e. The minimum absolute atomic E-state index is 0.151. The lowest BCUT2D eigenvalue weighted by molar-refractivity contribution is -0.144. The third-order valence-corrected chi connectivity index (χ3v) is 5.05. The van der Waals surface area contributed by atoms with Gasteiger partial charge in [-0.05, 0) is 30.0 Å². The van der Waals surface area contributed by atoms with E-state index in [1.54, 1.807) is 11.8 Å². The summed E-state index contributed by atoms with van der Waals surface area (Å²) in [7, 11) is 0. The van der Waals surface area contributed by atoms with Crippen LogP contribution in [0.4, 0.5) is 0 Å². The lowest BCUT2D eigenvalue weighted by atomic mass is 10.00. The topological polar surface area (TPSA) is 26.3 Å². The molecule has 23 heavy (non-hydrogen) atoms. The van der Waals surface area contributed by atoms with Crippen LogP contribution >= 0.6 is 11.8 Å². The van der Waals surface area contributed by atoms with Crippen LogP contribution in [0, 0.1) is 6.92 Å². The first-order valence-electron chi connectivity index (χ1n) is 7.87. The third-order valence-electron chi connectivity index (χ3n) is 3.99. The molecule has 3 heteroatoms. The van der Waals surface area contributed by atoms with Crippen molar-refractivity contribution in [2.24, 2.45) is 0 Å². The van der Waals surface area contributed by atoms with Crippen molar-refractivity contribution in [3.8, 4) is 0 Å². The number of aryl methyl sites for hydroxylation is 2. The van der Waals surface area contributed by atoms with Gasteiger partial charge in [0.25, 0.3) is 0 Å². The van der Waals surface area contributed by atoms with Crippen LogP contribution in [-0.2, 0) is 16.0 Å². The average Bonchev–Trinajstić information content (AvgIpc) is 2.58. The van der Waals surface area contributed by atoms with Crippen molar-refractivity contribution in [3.05, 3.63) is 82.3 Å². The van der Waals surface area contributed by atoms with Crippen LogP contribution in [0.1, 0.15) is 29.2 Å². The van der Waals surface area contributed by atoms with E-state index in [1.807, 2.05) is 42.5 Å². The summed E-state index contributed by atoms with van der Waals surface area (Å²) in [6.45, 7) is 2.05. The molecular formula is C20H20O2S. The number of cyclic esters (lactones) is 1. The van der Waals surface area contributed by atoms with Gasteiger partial charge in [-0.15, -0.1) is 11.8 Å². The maximum absolute atomic E-state index is 12.2. The molecular weight excluding hydrogens is 304 g/mol. The Hall–Kier alpha value is -2.00. The molecule has 0 bridgehead atoms. The van der Waals surface area contributed by atoms with Gasteiger partial charge in [0.05, 0.1) is 4.91 Å². The number of thioether (sulfide) groups is 1. The number of hydrogen-bond donors (Lipinski definition) is 0. The summed E-state index contributed by atoms with van der Waals surface area (Å²) in [6, 6.07) is 18.4. The first kappa shape index (κ1) is 15.9. The second-order valence-electron chi connectivity index (χ2n) is 5.64. The molecule has 0 N–H and O–H groups in total.